The van der Waals surface area contributed by atoms with Crippen molar-refractivity contribution in [1.82, 2.24) is 31.5 Å². The Hall–Kier alpha value is -5.84. The van der Waals surface area contributed by atoms with Crippen LogP contribution in [0.5, 0.6) is 5.75 Å². The molecule has 2 aliphatic heterocycles. The van der Waals surface area contributed by atoms with Gasteiger partial charge in [0.2, 0.25) is 41.4 Å². The van der Waals surface area contributed by atoms with Crippen molar-refractivity contribution in [3.05, 3.63) is 65.7 Å². The number of fused-ring (bicyclic) bond motifs is 1. The number of phenols is 1. The minimum Gasteiger partial charge on any atom is -0.508 e. The summed E-state index contributed by atoms with van der Waals surface area (Å²) in [4.78, 5) is 100. The summed E-state index contributed by atoms with van der Waals surface area (Å²) in [6.45, 7) is 4.14. The lowest BCUT2D eigenvalue weighted by molar-refractivity contribution is -0.143. The van der Waals surface area contributed by atoms with Gasteiger partial charge in [0.05, 0.1) is 19.2 Å². The molecule has 7 amide bonds. The molecule has 2 heterocycles. The van der Waals surface area contributed by atoms with Crippen LogP contribution in [0.2, 0.25) is 0 Å². The number of carbonyl (C=O) groups is 7. The van der Waals surface area contributed by atoms with Gasteiger partial charge in [-0.05, 0) is 54.4 Å². The Kier molecular flexibility index (Phi) is 16.1. The van der Waals surface area contributed by atoms with E-state index in [2.05, 4.69) is 31.6 Å². The molecule has 1 saturated heterocycles. The zero-order valence-electron chi connectivity index (χ0n) is 32.5. The molecule has 4 rings (SSSR count). The zero-order chi connectivity index (χ0) is 41.6. The molecule has 57 heavy (non-hydrogen) atoms. The molecule has 0 aliphatic carbocycles. The van der Waals surface area contributed by atoms with Crippen molar-refractivity contribution in [2.45, 2.75) is 95.5 Å². The van der Waals surface area contributed by atoms with Gasteiger partial charge in [0.15, 0.2) is 0 Å². The Balaban J connectivity index is 1.75. The van der Waals surface area contributed by atoms with Crippen LogP contribution >= 0.6 is 0 Å². The van der Waals surface area contributed by atoms with E-state index < -0.39 is 96.7 Å². The third-order valence-corrected chi connectivity index (χ3v) is 10.2. The van der Waals surface area contributed by atoms with E-state index >= 15 is 0 Å². The maximum absolute atomic E-state index is 14.1. The standard InChI is InChI=1S/C40H54N8O9/c1-4-24(3)35-39(56)46-31(22-49)40(57)48-21-23(2)16-32(48)38(55)44-27(17-25-8-6-5-7-9-25)19-42-30(18-26-10-12-28(50)13-11-26)36(53)43-20-34(52)45-29(37(54)47-35)14-15-33(41)51/h5-13,19,23-24,27,29-32,35,49-50H,4,14-18,20-22H2,1-3H3,(H2,41,51)(H,43,53)(H,44,55)(H,45,52)(H,46,56)(H,47,54). The predicted octanol–water partition coefficient (Wildman–Crippen LogP) is -0.773. The molecule has 0 bridgehead atoms. The molecule has 0 radical (unpaired) electrons. The topological polar surface area (TPSA) is 262 Å². The largest absolute Gasteiger partial charge is 0.508 e. The lowest BCUT2D eigenvalue weighted by Crippen LogP contribution is -2.60. The van der Waals surface area contributed by atoms with Crippen LogP contribution in [-0.4, -0.2) is 119 Å². The van der Waals surface area contributed by atoms with Gasteiger partial charge in [0.25, 0.3) is 0 Å². The van der Waals surface area contributed by atoms with Crippen LogP contribution < -0.4 is 32.3 Å². The molecular formula is C40H54N8O9. The van der Waals surface area contributed by atoms with Gasteiger partial charge in [-0.15, -0.1) is 0 Å². The fourth-order valence-electron chi connectivity index (χ4n) is 6.79. The zero-order valence-corrected chi connectivity index (χ0v) is 32.5. The highest BCUT2D eigenvalue weighted by molar-refractivity contribution is 5.97. The smallest absolute Gasteiger partial charge is 0.248 e. The number of rotatable bonds is 10. The van der Waals surface area contributed by atoms with Crippen molar-refractivity contribution in [3.8, 4) is 5.75 Å². The maximum Gasteiger partial charge on any atom is 0.248 e. The van der Waals surface area contributed by atoms with Crippen molar-refractivity contribution in [1.29, 1.82) is 0 Å². The van der Waals surface area contributed by atoms with Gasteiger partial charge in [0.1, 0.15) is 36.0 Å². The summed E-state index contributed by atoms with van der Waals surface area (Å²) in [5.41, 5.74) is 6.83. The minimum atomic E-state index is -1.46. The lowest BCUT2D eigenvalue weighted by atomic mass is 9.97. The van der Waals surface area contributed by atoms with E-state index in [1.54, 1.807) is 26.0 Å². The van der Waals surface area contributed by atoms with E-state index in [0.717, 1.165) is 5.56 Å². The molecule has 17 nitrogen and oxygen atoms in total. The molecule has 2 aliphatic rings. The van der Waals surface area contributed by atoms with Gasteiger partial charge in [-0.3, -0.25) is 38.6 Å². The highest BCUT2D eigenvalue weighted by atomic mass is 16.3. The van der Waals surface area contributed by atoms with E-state index in [0.29, 0.717) is 18.4 Å². The third kappa shape index (κ3) is 12.8. The van der Waals surface area contributed by atoms with Crippen LogP contribution in [0.4, 0.5) is 0 Å². The summed E-state index contributed by atoms with van der Waals surface area (Å²) in [6, 6.07) is 8.50. The molecule has 9 N–H and O–H groups in total. The number of aliphatic hydroxyl groups excluding tert-OH is 1. The van der Waals surface area contributed by atoms with Crippen LogP contribution in [0.3, 0.4) is 0 Å². The Morgan fingerprint density at radius 2 is 1.56 bits per heavy atom. The van der Waals surface area contributed by atoms with Crippen molar-refractivity contribution < 1.29 is 43.8 Å². The van der Waals surface area contributed by atoms with Gasteiger partial charge < -0.3 is 47.4 Å². The SMILES string of the molecule is CCC(C)C1NC(=O)C(CCC(N)=O)NC(=O)CNC(=O)C(Cc2ccc(O)cc2)N=CC(Cc2ccccc2)NC(=O)C2CC(C)CN2C(=O)C(CO)NC1=O. The number of nitrogens with one attached hydrogen (secondary N) is 5. The number of hydrogen-bond acceptors (Lipinski definition) is 10. The number of phenolic OH excluding ortho intramolecular Hbond substituents is 1. The number of hydrogen-bond donors (Lipinski definition) is 8. The van der Waals surface area contributed by atoms with Gasteiger partial charge in [-0.2, -0.15) is 0 Å². The lowest BCUT2D eigenvalue weighted by Gasteiger charge is -2.31. The fourth-order valence-corrected chi connectivity index (χ4v) is 6.79. The molecule has 0 aromatic heterocycles. The minimum absolute atomic E-state index is 0.0190. The molecule has 2 aromatic rings. The first-order chi connectivity index (χ1) is 27.2. The van der Waals surface area contributed by atoms with Crippen LogP contribution in [0, 0.1) is 11.8 Å². The van der Waals surface area contributed by atoms with E-state index in [1.807, 2.05) is 37.3 Å². The summed E-state index contributed by atoms with van der Waals surface area (Å²) in [6.07, 6.45) is 1.94. The molecule has 8 unspecified atom stereocenters. The van der Waals surface area contributed by atoms with Crippen molar-refractivity contribution in [3.63, 3.8) is 0 Å². The quantitative estimate of drug-likeness (QED) is 0.150. The van der Waals surface area contributed by atoms with Gasteiger partial charge in [-0.25, -0.2) is 0 Å². The molecule has 17 heteroatoms. The van der Waals surface area contributed by atoms with Gasteiger partial charge in [-0.1, -0.05) is 69.7 Å². The number of aliphatic hydroxyl groups is 1. The first-order valence-corrected chi connectivity index (χ1v) is 19.2. The number of nitrogens with zero attached hydrogens (tertiary/aromatic N) is 2. The summed E-state index contributed by atoms with van der Waals surface area (Å²) in [7, 11) is 0. The van der Waals surface area contributed by atoms with E-state index in [9.17, 15) is 43.8 Å². The average molecular weight is 791 g/mol. The molecule has 0 spiro atoms. The highest BCUT2D eigenvalue weighted by Crippen LogP contribution is 2.24. The normalized spacial score (nSPS) is 26.2. The number of benzene rings is 2. The average Bonchev–Trinajstić information content (AvgIpc) is 3.59. The highest BCUT2D eigenvalue weighted by Gasteiger charge is 2.42. The first-order valence-electron chi connectivity index (χ1n) is 19.2. The van der Waals surface area contributed by atoms with Crippen LogP contribution in [0.25, 0.3) is 0 Å². The van der Waals surface area contributed by atoms with Gasteiger partial charge >= 0.3 is 0 Å². The van der Waals surface area contributed by atoms with Crippen LogP contribution in [0.15, 0.2) is 59.6 Å². The predicted molar refractivity (Wildman–Crippen MR) is 209 cm³/mol. The van der Waals surface area contributed by atoms with Crippen molar-refractivity contribution >= 4 is 47.6 Å². The molecule has 2 aromatic carbocycles. The first kappa shape index (κ1) is 43.9. The summed E-state index contributed by atoms with van der Waals surface area (Å²) < 4.78 is 0. The Morgan fingerprint density at radius 3 is 2.21 bits per heavy atom. The maximum atomic E-state index is 14.1. The van der Waals surface area contributed by atoms with Crippen LogP contribution in [-0.2, 0) is 46.4 Å². The third-order valence-electron chi connectivity index (χ3n) is 10.2. The molecule has 0 saturated carbocycles. The number of aliphatic imine (C=N–C) groups is 1. The summed E-state index contributed by atoms with van der Waals surface area (Å²) >= 11 is 0. The molecular weight excluding hydrogens is 736 g/mol. The van der Waals surface area contributed by atoms with Gasteiger partial charge in [0, 0.05) is 25.6 Å². The Morgan fingerprint density at radius 1 is 0.877 bits per heavy atom. The fraction of sp³-hybridized carbons (Fsp3) is 0.500. The Bertz CT molecular complexity index is 1770. The second kappa shape index (κ2) is 20.9. The monoisotopic (exact) mass is 790 g/mol. The van der Waals surface area contributed by atoms with Crippen molar-refractivity contribution in [2.24, 2.45) is 22.6 Å². The second-order valence-electron chi connectivity index (χ2n) is 14.8. The number of primary amides is 1. The molecule has 8 atom stereocenters. The van der Waals surface area contributed by atoms with E-state index in [4.69, 9.17) is 5.73 Å². The number of nitrogens with two attached hydrogens (primary N) is 1. The second-order valence-corrected chi connectivity index (χ2v) is 14.8. The van der Waals surface area contributed by atoms with E-state index in [1.165, 1.54) is 23.2 Å². The summed E-state index contributed by atoms with van der Waals surface area (Å²) in [5, 5.41) is 33.4. The number of carbonyl (C=O) groups excluding carboxylic acids is 7. The van der Waals surface area contributed by atoms with Crippen LogP contribution in [0.1, 0.15) is 57.6 Å². The summed E-state index contributed by atoms with van der Waals surface area (Å²) in [5.74, 6) is -5.56. The number of amides is 7. The molecule has 308 valence electrons. The van der Waals surface area contributed by atoms with E-state index in [-0.39, 0.29) is 43.9 Å². The molecule has 1 fully saturated rings. The number of aromatic hydroxyl groups is 1. The van der Waals surface area contributed by atoms with Crippen molar-refractivity contribution in [2.75, 3.05) is 19.7 Å². The Labute approximate surface area is 331 Å².